The number of hydrogen-bond donors (Lipinski definition) is 0. The van der Waals surface area contributed by atoms with Gasteiger partial charge in [0.15, 0.2) is 0 Å². The SMILES string of the molecule is C[C@@H]1CN2C[C@H]3CCC4CCC=C4[C@]45CCC(=O)OC[C@]34C[C@H](C1=O)C25. The second kappa shape index (κ2) is 5.01. The molecule has 140 valence electrons. The predicted molar refractivity (Wildman–Crippen MR) is 96.2 cm³/mol. The first kappa shape index (κ1) is 15.9. The van der Waals surface area contributed by atoms with Gasteiger partial charge in [0.2, 0.25) is 0 Å². The van der Waals surface area contributed by atoms with E-state index in [9.17, 15) is 9.59 Å². The standard InChI is InChI=1S/C22H29NO3/c1-13-10-23-11-15-6-5-14-3-2-4-17(14)22-8-7-18(24)26-12-21(15,22)9-16(19(13)25)20(22)23/h4,13-16,20H,2-3,5-12H2,1H3/t13-,14?,15-,16-,20?,21-,22+/m1/s1. The Morgan fingerprint density at radius 3 is 2.96 bits per heavy atom. The number of piperidine rings is 2. The van der Waals surface area contributed by atoms with Crippen LogP contribution in [0.4, 0.5) is 0 Å². The first-order valence-electron chi connectivity index (χ1n) is 10.7. The van der Waals surface area contributed by atoms with Crippen molar-refractivity contribution in [2.24, 2.45) is 34.5 Å². The number of ether oxygens (including phenoxy) is 1. The van der Waals surface area contributed by atoms with Crippen LogP contribution in [0.2, 0.25) is 0 Å². The fraction of sp³-hybridized carbons (Fsp3) is 0.818. The monoisotopic (exact) mass is 355 g/mol. The Kier molecular flexibility index (Phi) is 3.05. The zero-order valence-electron chi connectivity index (χ0n) is 15.7. The maximum Gasteiger partial charge on any atom is 0.305 e. The van der Waals surface area contributed by atoms with Gasteiger partial charge in [-0.25, -0.2) is 0 Å². The quantitative estimate of drug-likeness (QED) is 0.495. The summed E-state index contributed by atoms with van der Waals surface area (Å²) in [4.78, 5) is 28.2. The normalized spacial score (nSPS) is 52.5. The number of nitrogens with zero attached hydrogens (tertiary/aromatic N) is 1. The molecule has 4 heteroatoms. The molecular formula is C22H29NO3. The van der Waals surface area contributed by atoms with E-state index < -0.39 is 0 Å². The molecule has 3 aliphatic carbocycles. The van der Waals surface area contributed by atoms with Crippen molar-refractivity contribution in [2.45, 2.75) is 57.9 Å². The molecule has 6 rings (SSSR count). The lowest BCUT2D eigenvalue weighted by atomic mass is 9.51. The Morgan fingerprint density at radius 1 is 1.19 bits per heavy atom. The van der Waals surface area contributed by atoms with E-state index >= 15 is 0 Å². The van der Waals surface area contributed by atoms with Crippen molar-refractivity contribution in [1.82, 2.24) is 4.90 Å². The van der Waals surface area contributed by atoms with E-state index in [4.69, 9.17) is 4.74 Å². The lowest BCUT2D eigenvalue weighted by Crippen LogP contribution is -2.65. The molecule has 0 N–H and O–H groups in total. The fourth-order valence-corrected chi connectivity index (χ4v) is 8.51. The first-order valence-corrected chi connectivity index (χ1v) is 10.7. The third-order valence-corrected chi connectivity index (χ3v) is 9.26. The number of carbonyl (C=O) groups is 2. The van der Waals surface area contributed by atoms with E-state index in [1.54, 1.807) is 5.57 Å². The van der Waals surface area contributed by atoms with Gasteiger partial charge in [0.05, 0.1) is 6.61 Å². The van der Waals surface area contributed by atoms with Crippen molar-refractivity contribution in [3.8, 4) is 0 Å². The van der Waals surface area contributed by atoms with E-state index in [1.807, 2.05) is 0 Å². The molecule has 5 fully saturated rings. The molecule has 7 atom stereocenters. The smallest absolute Gasteiger partial charge is 0.305 e. The highest BCUT2D eigenvalue weighted by Crippen LogP contribution is 2.74. The number of Topliss-reactive ketones (excluding diaryl/α,β-unsaturated/α-hetero) is 1. The zero-order valence-corrected chi connectivity index (χ0v) is 15.7. The largest absolute Gasteiger partial charge is 0.465 e. The molecule has 0 aromatic carbocycles. The van der Waals surface area contributed by atoms with Gasteiger partial charge in [0, 0.05) is 48.2 Å². The fourth-order valence-electron chi connectivity index (χ4n) is 8.51. The number of ketones is 1. The second-order valence-electron chi connectivity index (χ2n) is 10.0. The summed E-state index contributed by atoms with van der Waals surface area (Å²) in [7, 11) is 0. The average molecular weight is 355 g/mol. The van der Waals surface area contributed by atoms with Gasteiger partial charge in [-0.05, 0) is 50.4 Å². The highest BCUT2D eigenvalue weighted by Gasteiger charge is 2.75. The van der Waals surface area contributed by atoms with E-state index in [0.717, 1.165) is 25.9 Å². The van der Waals surface area contributed by atoms with E-state index in [1.165, 1.54) is 25.7 Å². The third kappa shape index (κ3) is 1.63. The number of allylic oxidation sites excluding steroid dienone is 1. The van der Waals surface area contributed by atoms with Gasteiger partial charge >= 0.3 is 5.97 Å². The van der Waals surface area contributed by atoms with E-state index in [-0.39, 0.29) is 28.6 Å². The number of carbonyl (C=O) groups excluding carboxylic acids is 2. The van der Waals surface area contributed by atoms with Crippen LogP contribution in [0.1, 0.15) is 51.9 Å². The molecule has 2 saturated carbocycles. The molecule has 4 bridgehead atoms. The Morgan fingerprint density at radius 2 is 2.08 bits per heavy atom. The van der Waals surface area contributed by atoms with Crippen molar-refractivity contribution in [3.63, 3.8) is 0 Å². The molecule has 4 nitrogen and oxygen atoms in total. The van der Waals surface area contributed by atoms with Gasteiger partial charge in [-0.15, -0.1) is 0 Å². The molecule has 3 aliphatic heterocycles. The predicted octanol–water partition coefficient (Wildman–Crippen LogP) is 2.97. The zero-order chi connectivity index (χ0) is 17.7. The second-order valence-corrected chi connectivity index (χ2v) is 10.0. The molecule has 0 aromatic heterocycles. The van der Waals surface area contributed by atoms with Crippen molar-refractivity contribution in [2.75, 3.05) is 19.7 Å². The van der Waals surface area contributed by atoms with Gasteiger partial charge in [0.25, 0.3) is 0 Å². The highest BCUT2D eigenvalue weighted by molar-refractivity contribution is 5.86. The van der Waals surface area contributed by atoms with Crippen LogP contribution >= 0.6 is 0 Å². The lowest BCUT2D eigenvalue weighted by Gasteiger charge is -2.60. The minimum Gasteiger partial charge on any atom is -0.465 e. The molecule has 26 heavy (non-hydrogen) atoms. The Hall–Kier alpha value is -1.16. The highest BCUT2D eigenvalue weighted by atomic mass is 16.5. The van der Waals surface area contributed by atoms with Gasteiger partial charge < -0.3 is 4.74 Å². The molecule has 2 unspecified atom stereocenters. The number of hydrogen-bond acceptors (Lipinski definition) is 4. The number of esters is 1. The van der Waals surface area contributed by atoms with E-state index in [2.05, 4.69) is 17.9 Å². The summed E-state index contributed by atoms with van der Waals surface area (Å²) in [6.07, 6.45) is 9.90. The first-order chi connectivity index (χ1) is 12.6. The van der Waals surface area contributed by atoms with Crippen molar-refractivity contribution in [3.05, 3.63) is 11.6 Å². The average Bonchev–Trinajstić information content (AvgIpc) is 3.12. The molecule has 3 saturated heterocycles. The van der Waals surface area contributed by atoms with Crippen LogP contribution in [0.15, 0.2) is 11.6 Å². The molecule has 6 aliphatic rings. The summed E-state index contributed by atoms with van der Waals surface area (Å²) in [6, 6.07) is 0.321. The number of cyclic esters (lactones) is 1. The molecule has 0 spiro atoms. The van der Waals surface area contributed by atoms with Gasteiger partial charge in [0.1, 0.15) is 5.78 Å². The van der Waals surface area contributed by atoms with Gasteiger partial charge in [-0.2, -0.15) is 0 Å². The van der Waals surface area contributed by atoms with Crippen LogP contribution in [0.3, 0.4) is 0 Å². The third-order valence-electron chi connectivity index (χ3n) is 9.26. The Labute approximate surface area is 155 Å². The minimum absolute atomic E-state index is 0.00956. The summed E-state index contributed by atoms with van der Waals surface area (Å²) in [5, 5.41) is 0. The maximum atomic E-state index is 13.2. The van der Waals surface area contributed by atoms with Crippen molar-refractivity contribution >= 4 is 11.8 Å². The van der Waals surface area contributed by atoms with Gasteiger partial charge in [-0.3, -0.25) is 14.5 Å². The number of fused-ring (bicyclic) bond motifs is 1. The summed E-state index contributed by atoms with van der Waals surface area (Å²) in [6.45, 7) is 4.71. The molecule has 0 amide bonds. The molecular weight excluding hydrogens is 326 g/mol. The summed E-state index contributed by atoms with van der Waals surface area (Å²) in [5.74, 6) is 2.03. The van der Waals surface area contributed by atoms with Crippen molar-refractivity contribution < 1.29 is 14.3 Å². The van der Waals surface area contributed by atoms with Crippen LogP contribution in [0, 0.1) is 34.5 Å². The number of rotatable bonds is 0. The van der Waals surface area contributed by atoms with Crippen molar-refractivity contribution in [1.29, 1.82) is 0 Å². The van der Waals surface area contributed by atoms with Gasteiger partial charge in [-0.1, -0.05) is 18.6 Å². The maximum absolute atomic E-state index is 13.2. The Balaban J connectivity index is 1.62. The molecule has 3 heterocycles. The summed E-state index contributed by atoms with van der Waals surface area (Å²) in [5.41, 5.74) is 1.66. The lowest BCUT2D eigenvalue weighted by molar-refractivity contribution is -0.151. The van der Waals surface area contributed by atoms with E-state index in [0.29, 0.717) is 36.7 Å². The van der Waals surface area contributed by atoms with Crippen LogP contribution in [0.5, 0.6) is 0 Å². The summed E-state index contributed by atoms with van der Waals surface area (Å²) >= 11 is 0. The minimum atomic E-state index is -0.0203. The summed E-state index contributed by atoms with van der Waals surface area (Å²) < 4.78 is 5.84. The van der Waals surface area contributed by atoms with Crippen LogP contribution in [0.25, 0.3) is 0 Å². The Bertz CT molecular complexity index is 729. The van der Waals surface area contributed by atoms with Crippen LogP contribution in [-0.4, -0.2) is 42.4 Å². The van der Waals surface area contributed by atoms with Crippen LogP contribution in [-0.2, 0) is 14.3 Å². The molecule has 0 aromatic rings. The molecule has 0 radical (unpaired) electrons. The topological polar surface area (TPSA) is 46.6 Å². The van der Waals surface area contributed by atoms with Crippen LogP contribution < -0.4 is 0 Å².